The summed E-state index contributed by atoms with van der Waals surface area (Å²) in [5.74, 6) is 1.34. The van der Waals surface area contributed by atoms with Gasteiger partial charge in [0.2, 0.25) is 5.91 Å². The molecule has 0 atom stereocenters. The molecule has 1 aromatic heterocycles. The monoisotopic (exact) mass is 408 g/mol. The standard InChI is InChI=1S/C22H28N6O2/c1-17(2)18-3-5-19(6-4-18)28-14-13-27(22(28)30)15-21(29)26-11-9-25(10-12-26)20-7-8-23-16-24-20/h3-8,16-17H,9-15H2,1-2H3. The number of carbonyl (C=O) groups is 2. The Labute approximate surface area is 177 Å². The van der Waals surface area contributed by atoms with Gasteiger partial charge in [0.15, 0.2) is 0 Å². The lowest BCUT2D eigenvalue weighted by Crippen LogP contribution is -2.51. The number of hydrogen-bond donors (Lipinski definition) is 0. The van der Waals surface area contributed by atoms with Gasteiger partial charge in [-0.2, -0.15) is 0 Å². The highest BCUT2D eigenvalue weighted by Gasteiger charge is 2.32. The lowest BCUT2D eigenvalue weighted by atomic mass is 10.0. The van der Waals surface area contributed by atoms with Gasteiger partial charge in [-0.3, -0.25) is 9.69 Å². The second-order valence-electron chi connectivity index (χ2n) is 8.04. The molecule has 8 nitrogen and oxygen atoms in total. The van der Waals surface area contributed by atoms with E-state index in [0.717, 1.165) is 24.6 Å². The van der Waals surface area contributed by atoms with E-state index in [1.54, 1.807) is 16.0 Å². The number of carbonyl (C=O) groups excluding carboxylic acids is 2. The second kappa shape index (κ2) is 8.69. The fourth-order valence-electron chi connectivity index (χ4n) is 3.93. The third-order valence-electron chi connectivity index (χ3n) is 5.82. The van der Waals surface area contributed by atoms with Crippen LogP contribution in [0.25, 0.3) is 0 Å². The molecule has 3 heterocycles. The fraction of sp³-hybridized carbons (Fsp3) is 0.455. The predicted octanol–water partition coefficient (Wildman–Crippen LogP) is 2.19. The number of benzene rings is 1. The maximum atomic E-state index is 12.8. The highest BCUT2D eigenvalue weighted by atomic mass is 16.2. The first kappa shape index (κ1) is 20.1. The van der Waals surface area contributed by atoms with Gasteiger partial charge in [-0.25, -0.2) is 14.8 Å². The Bertz CT molecular complexity index is 878. The molecule has 2 aromatic rings. The number of nitrogens with zero attached hydrogens (tertiary/aromatic N) is 6. The normalized spacial score (nSPS) is 17.2. The third kappa shape index (κ3) is 4.22. The molecule has 3 amide bonds. The first-order valence-electron chi connectivity index (χ1n) is 10.5. The van der Waals surface area contributed by atoms with Crippen LogP contribution in [0.4, 0.5) is 16.3 Å². The van der Waals surface area contributed by atoms with Gasteiger partial charge in [0.1, 0.15) is 18.7 Å². The molecule has 0 saturated carbocycles. The van der Waals surface area contributed by atoms with Crippen molar-refractivity contribution in [1.82, 2.24) is 19.8 Å². The zero-order chi connectivity index (χ0) is 21.1. The van der Waals surface area contributed by atoms with Crippen molar-refractivity contribution in [1.29, 1.82) is 0 Å². The number of urea groups is 1. The number of piperazine rings is 1. The van der Waals surface area contributed by atoms with Crippen LogP contribution in [0.5, 0.6) is 0 Å². The molecule has 2 fully saturated rings. The molecule has 8 heteroatoms. The summed E-state index contributed by atoms with van der Waals surface area (Å²) in [6, 6.07) is 9.90. The Morgan fingerprint density at radius 3 is 2.37 bits per heavy atom. The summed E-state index contributed by atoms with van der Waals surface area (Å²) in [4.78, 5) is 41.2. The largest absolute Gasteiger partial charge is 0.353 e. The van der Waals surface area contributed by atoms with E-state index in [1.807, 2.05) is 23.1 Å². The van der Waals surface area contributed by atoms with Crippen molar-refractivity contribution < 1.29 is 9.59 Å². The Balaban J connectivity index is 1.30. The molecule has 30 heavy (non-hydrogen) atoms. The topological polar surface area (TPSA) is 72.9 Å². The quantitative estimate of drug-likeness (QED) is 0.758. The van der Waals surface area contributed by atoms with E-state index in [2.05, 4.69) is 40.8 Å². The van der Waals surface area contributed by atoms with E-state index in [9.17, 15) is 9.59 Å². The summed E-state index contributed by atoms with van der Waals surface area (Å²) < 4.78 is 0. The Kier molecular flexibility index (Phi) is 5.83. The van der Waals surface area contributed by atoms with Gasteiger partial charge in [0.25, 0.3) is 0 Å². The molecule has 158 valence electrons. The predicted molar refractivity (Wildman–Crippen MR) is 116 cm³/mol. The maximum Gasteiger partial charge on any atom is 0.325 e. The highest BCUT2D eigenvalue weighted by molar-refractivity contribution is 5.96. The molecule has 0 spiro atoms. The van der Waals surface area contributed by atoms with Crippen LogP contribution in [0.3, 0.4) is 0 Å². The van der Waals surface area contributed by atoms with Crippen LogP contribution < -0.4 is 9.80 Å². The molecule has 0 unspecified atom stereocenters. The van der Waals surface area contributed by atoms with Crippen LogP contribution in [0.2, 0.25) is 0 Å². The van der Waals surface area contributed by atoms with E-state index in [-0.39, 0.29) is 18.5 Å². The van der Waals surface area contributed by atoms with Crippen LogP contribution in [-0.4, -0.2) is 77.5 Å². The van der Waals surface area contributed by atoms with Gasteiger partial charge >= 0.3 is 6.03 Å². The minimum Gasteiger partial charge on any atom is -0.353 e. The van der Waals surface area contributed by atoms with Crippen LogP contribution in [0.15, 0.2) is 42.9 Å². The number of amides is 3. The Hall–Kier alpha value is -3.16. The molecule has 4 rings (SSSR count). The van der Waals surface area contributed by atoms with Crippen molar-refractivity contribution in [2.24, 2.45) is 0 Å². The van der Waals surface area contributed by atoms with Crippen LogP contribution >= 0.6 is 0 Å². The van der Waals surface area contributed by atoms with Gasteiger partial charge < -0.3 is 14.7 Å². The molecule has 2 saturated heterocycles. The molecular formula is C22H28N6O2. The number of hydrogen-bond acceptors (Lipinski definition) is 5. The van der Waals surface area contributed by atoms with E-state index in [1.165, 1.54) is 11.9 Å². The summed E-state index contributed by atoms with van der Waals surface area (Å²) in [5.41, 5.74) is 2.14. The molecule has 0 radical (unpaired) electrons. The zero-order valence-electron chi connectivity index (χ0n) is 17.6. The van der Waals surface area contributed by atoms with Crippen molar-refractivity contribution in [3.8, 4) is 0 Å². The minimum atomic E-state index is -0.0970. The summed E-state index contributed by atoms with van der Waals surface area (Å²) in [6.45, 7) is 8.32. The van der Waals surface area contributed by atoms with Crippen LogP contribution in [0, 0.1) is 0 Å². The molecule has 0 bridgehead atoms. The van der Waals surface area contributed by atoms with E-state index in [4.69, 9.17) is 0 Å². The van der Waals surface area contributed by atoms with Gasteiger partial charge in [-0.1, -0.05) is 26.0 Å². The zero-order valence-corrected chi connectivity index (χ0v) is 17.6. The van der Waals surface area contributed by atoms with E-state index < -0.39 is 0 Å². The molecule has 2 aliphatic rings. The van der Waals surface area contributed by atoms with Crippen LogP contribution in [0.1, 0.15) is 25.3 Å². The summed E-state index contributed by atoms with van der Waals surface area (Å²) in [6.07, 6.45) is 3.26. The van der Waals surface area contributed by atoms with Gasteiger partial charge in [-0.05, 0) is 29.7 Å². The number of aromatic nitrogens is 2. The van der Waals surface area contributed by atoms with Crippen molar-refractivity contribution >= 4 is 23.4 Å². The molecule has 2 aliphatic heterocycles. The second-order valence-corrected chi connectivity index (χ2v) is 8.04. The first-order valence-corrected chi connectivity index (χ1v) is 10.5. The van der Waals surface area contributed by atoms with Crippen LogP contribution in [-0.2, 0) is 4.79 Å². The average Bonchev–Trinajstić information content (AvgIpc) is 3.14. The maximum absolute atomic E-state index is 12.8. The summed E-state index contributed by atoms with van der Waals surface area (Å²) in [5, 5.41) is 0. The van der Waals surface area contributed by atoms with Gasteiger partial charge in [-0.15, -0.1) is 0 Å². The lowest BCUT2D eigenvalue weighted by molar-refractivity contribution is -0.131. The SMILES string of the molecule is CC(C)c1ccc(N2CCN(CC(=O)N3CCN(c4ccncn4)CC3)C2=O)cc1. The molecule has 0 aliphatic carbocycles. The van der Waals surface area contributed by atoms with Gasteiger partial charge in [0, 0.05) is 51.2 Å². The van der Waals surface area contributed by atoms with Crippen molar-refractivity contribution in [2.75, 3.05) is 55.6 Å². The smallest absolute Gasteiger partial charge is 0.325 e. The lowest BCUT2D eigenvalue weighted by Gasteiger charge is -2.36. The van der Waals surface area contributed by atoms with Crippen molar-refractivity contribution in [3.05, 3.63) is 48.4 Å². The first-order chi connectivity index (χ1) is 14.5. The molecule has 1 aromatic carbocycles. The third-order valence-corrected chi connectivity index (χ3v) is 5.82. The average molecular weight is 409 g/mol. The summed E-state index contributed by atoms with van der Waals surface area (Å²) >= 11 is 0. The number of anilines is 2. The summed E-state index contributed by atoms with van der Waals surface area (Å²) in [7, 11) is 0. The minimum absolute atomic E-state index is 0.00249. The van der Waals surface area contributed by atoms with Crippen molar-refractivity contribution in [2.45, 2.75) is 19.8 Å². The molecule has 0 N–H and O–H groups in total. The Morgan fingerprint density at radius 2 is 1.73 bits per heavy atom. The van der Waals surface area contributed by atoms with E-state index >= 15 is 0 Å². The van der Waals surface area contributed by atoms with E-state index in [0.29, 0.717) is 32.1 Å². The fourth-order valence-corrected chi connectivity index (χ4v) is 3.93. The van der Waals surface area contributed by atoms with Crippen molar-refractivity contribution in [3.63, 3.8) is 0 Å². The Morgan fingerprint density at radius 1 is 1.00 bits per heavy atom. The van der Waals surface area contributed by atoms with Gasteiger partial charge in [0.05, 0.1) is 0 Å². The highest BCUT2D eigenvalue weighted by Crippen LogP contribution is 2.23. The molecular weight excluding hydrogens is 380 g/mol. The number of rotatable bonds is 5.